The monoisotopic (exact) mass is 882 g/mol. The summed E-state index contributed by atoms with van der Waals surface area (Å²) in [6, 6.07) is 33.0. The summed E-state index contributed by atoms with van der Waals surface area (Å²) in [5.74, 6) is 1.80. The fourth-order valence-corrected chi connectivity index (χ4v) is 10.0. The van der Waals surface area contributed by atoms with E-state index in [0.717, 1.165) is 0 Å². The molecule has 0 amide bonds. The quantitative estimate of drug-likeness (QED) is 0.0316. The van der Waals surface area contributed by atoms with Gasteiger partial charge in [-0.25, -0.2) is 9.39 Å². The molecule has 6 rings (SSSR count). The van der Waals surface area contributed by atoms with Crippen LogP contribution in [0.5, 0.6) is 23.0 Å². The van der Waals surface area contributed by atoms with Gasteiger partial charge in [0.1, 0.15) is 48.4 Å². The van der Waals surface area contributed by atoms with Gasteiger partial charge in [-0.2, -0.15) is 5.26 Å². The van der Waals surface area contributed by atoms with E-state index in [9.17, 15) is 24.9 Å². The minimum Gasteiger partial charge on any atom is -0.497 e. The van der Waals surface area contributed by atoms with Crippen molar-refractivity contribution in [1.29, 1.82) is 5.26 Å². The first-order valence-corrected chi connectivity index (χ1v) is 21.9. The fourth-order valence-electron chi connectivity index (χ4n) is 8.62. The number of methoxy groups -OCH3 is 3. The summed E-state index contributed by atoms with van der Waals surface area (Å²) in [6.45, 7) is 9.87. The van der Waals surface area contributed by atoms with E-state index in [-0.39, 0.29) is 34.4 Å². The Morgan fingerprint density at radius 2 is 1.37 bits per heavy atom. The third kappa shape index (κ3) is 9.39. The number of hydrogen-bond donors (Lipinski definition) is 4. The largest absolute Gasteiger partial charge is 0.497 e. The molecule has 15 nitrogen and oxygen atoms in total. The van der Waals surface area contributed by atoms with Crippen molar-refractivity contribution in [3.63, 3.8) is 0 Å². The molecule has 0 bridgehead atoms. The molecule has 334 valence electrons. The van der Waals surface area contributed by atoms with Crippen molar-refractivity contribution in [3.8, 4) is 29.1 Å². The number of aryl methyl sites for hydroxylation is 1. The zero-order valence-electron chi connectivity index (χ0n) is 36.8. The molecule has 0 aliphatic carbocycles. The van der Waals surface area contributed by atoms with Crippen LogP contribution in [0.1, 0.15) is 62.6 Å². The van der Waals surface area contributed by atoms with Crippen LogP contribution >= 0.6 is 8.53 Å². The molecule has 16 heteroatoms. The van der Waals surface area contributed by atoms with E-state index in [4.69, 9.17) is 28.2 Å². The standard InChI is InChI=1S/C47H56N5O10P/c1-30(2)52(31(3)4,28-14-27-48)50-63(56)62-40-41(61-45(51-29-32(5)44(54)49-46(51)55)42(40)60-39-18-13-12-17-38(39)59-8)43(53)47(33-15-10-9-11-16-33,34-19-23-36(57-6)24-20-34)35-21-25-37(58-7)26-22-35/h9-13,15-26,29-31,40-43,45,50,53,56H,14,28H2,1-8H3/p+1/t40-,41+,42-,43?,45-,63?/m1/s1. The number of hydrogen-bond acceptors (Lipinski definition) is 12. The highest BCUT2D eigenvalue weighted by atomic mass is 31.2. The molecule has 1 aromatic heterocycles. The molecule has 0 saturated carbocycles. The van der Waals surface area contributed by atoms with Crippen molar-refractivity contribution in [3.05, 3.63) is 152 Å². The highest BCUT2D eigenvalue weighted by Crippen LogP contribution is 2.50. The van der Waals surface area contributed by atoms with Gasteiger partial charge in [0.25, 0.3) is 5.56 Å². The summed E-state index contributed by atoms with van der Waals surface area (Å²) in [6.07, 6.45) is -5.40. The number of nitrogens with one attached hydrogen (secondary N) is 2. The van der Waals surface area contributed by atoms with Crippen LogP contribution in [0.2, 0.25) is 0 Å². The maximum Gasteiger partial charge on any atom is 0.330 e. The lowest BCUT2D eigenvalue weighted by molar-refractivity contribution is -0.994. The van der Waals surface area contributed by atoms with Crippen molar-refractivity contribution in [2.75, 3.05) is 27.9 Å². The predicted molar refractivity (Wildman–Crippen MR) is 238 cm³/mol. The van der Waals surface area contributed by atoms with Gasteiger partial charge >= 0.3 is 14.2 Å². The SMILES string of the molecule is COc1ccc(C(c2ccccc2)(c2ccc(OC)cc2)C(O)[C@H]2O[C@@H](n3cc(C)c(=O)[nH]c3=O)[C@H](Oc3ccccc3OC)[C@@H]2OP(O)N[N+](CCC#N)(C(C)C)C(C)C)cc1. The topological polar surface area (TPSA) is 187 Å². The summed E-state index contributed by atoms with van der Waals surface area (Å²) < 4.78 is 38.7. The van der Waals surface area contributed by atoms with Crippen LogP contribution in [-0.2, 0) is 14.7 Å². The van der Waals surface area contributed by atoms with Crippen LogP contribution in [0.25, 0.3) is 0 Å². The van der Waals surface area contributed by atoms with E-state index in [0.29, 0.717) is 40.5 Å². The van der Waals surface area contributed by atoms with Crippen LogP contribution in [0, 0.1) is 18.3 Å². The molecular formula is C47H57N5O10P+. The van der Waals surface area contributed by atoms with Gasteiger partial charge in [0.15, 0.2) is 23.8 Å². The summed E-state index contributed by atoms with van der Waals surface area (Å²) in [7, 11) is 2.02. The van der Waals surface area contributed by atoms with Gasteiger partial charge in [0.05, 0.1) is 39.2 Å². The molecule has 4 aromatic carbocycles. The second-order valence-electron chi connectivity index (χ2n) is 16.0. The number of rotatable bonds is 19. The normalized spacial score (nSPS) is 18.8. The van der Waals surface area contributed by atoms with E-state index < -0.39 is 55.8 Å². The number of aliphatic hydroxyl groups is 1. The zero-order chi connectivity index (χ0) is 45.5. The smallest absolute Gasteiger partial charge is 0.330 e. The maximum absolute atomic E-state index is 13.9. The third-order valence-electron chi connectivity index (χ3n) is 12.0. The number of benzene rings is 4. The Morgan fingerprint density at radius 1 is 0.825 bits per heavy atom. The van der Waals surface area contributed by atoms with E-state index in [1.54, 1.807) is 69.7 Å². The molecule has 1 fully saturated rings. The molecule has 1 saturated heterocycles. The van der Waals surface area contributed by atoms with Gasteiger partial charge in [0.2, 0.25) is 0 Å². The van der Waals surface area contributed by atoms with E-state index in [1.807, 2.05) is 82.3 Å². The van der Waals surface area contributed by atoms with Crippen molar-refractivity contribution in [2.24, 2.45) is 0 Å². The van der Waals surface area contributed by atoms with Crippen LogP contribution < -0.4 is 35.4 Å². The minimum atomic E-state index is -2.61. The minimum absolute atomic E-state index is 0.113. The number of para-hydroxylation sites is 2. The van der Waals surface area contributed by atoms with Crippen LogP contribution in [0.4, 0.5) is 0 Å². The van der Waals surface area contributed by atoms with Crippen LogP contribution in [-0.4, -0.2) is 88.5 Å². The Balaban J connectivity index is 1.63. The average Bonchev–Trinajstić information content (AvgIpc) is 3.63. The summed E-state index contributed by atoms with van der Waals surface area (Å²) in [5.41, 5.74) is -0.648. The third-order valence-corrected chi connectivity index (χ3v) is 13.0. The lowest BCUT2D eigenvalue weighted by atomic mass is 9.64. The molecule has 1 aliphatic heterocycles. The maximum atomic E-state index is 13.9. The molecule has 1 aliphatic rings. The Labute approximate surface area is 368 Å². The van der Waals surface area contributed by atoms with Gasteiger partial charge in [-0.15, -0.1) is 0 Å². The molecule has 5 aromatic rings. The number of ether oxygens (including phenoxy) is 5. The lowest BCUT2D eigenvalue weighted by Gasteiger charge is -2.46. The molecular weight excluding hydrogens is 826 g/mol. The van der Waals surface area contributed by atoms with Crippen molar-refractivity contribution in [1.82, 2.24) is 14.7 Å². The summed E-state index contributed by atoms with van der Waals surface area (Å²) in [4.78, 5) is 41.2. The fraction of sp³-hybridized carbons (Fsp3) is 0.383. The van der Waals surface area contributed by atoms with Gasteiger partial charge in [0, 0.05) is 11.8 Å². The Kier molecular flexibility index (Phi) is 15.1. The number of aromatic amines is 1. The molecule has 6 atom stereocenters. The van der Waals surface area contributed by atoms with Crippen LogP contribution in [0.3, 0.4) is 0 Å². The molecule has 63 heavy (non-hydrogen) atoms. The number of aliphatic hydroxyl groups excluding tert-OH is 1. The van der Waals surface area contributed by atoms with E-state index >= 15 is 0 Å². The summed E-state index contributed by atoms with van der Waals surface area (Å²) in [5, 5.41) is 26.7. The first-order chi connectivity index (χ1) is 30.2. The first kappa shape index (κ1) is 46.9. The predicted octanol–water partition coefficient (Wildman–Crippen LogP) is 6.27. The lowest BCUT2D eigenvalue weighted by Crippen LogP contribution is -2.64. The van der Waals surface area contributed by atoms with Gasteiger partial charge in [-0.3, -0.25) is 14.3 Å². The highest BCUT2D eigenvalue weighted by Gasteiger charge is 2.59. The van der Waals surface area contributed by atoms with E-state index in [2.05, 4.69) is 16.2 Å². The Morgan fingerprint density at radius 3 is 1.89 bits per heavy atom. The van der Waals surface area contributed by atoms with Crippen molar-refractivity contribution >= 4 is 8.53 Å². The molecule has 0 radical (unpaired) electrons. The number of H-pyrrole nitrogens is 1. The highest BCUT2D eigenvalue weighted by molar-refractivity contribution is 7.43. The summed E-state index contributed by atoms with van der Waals surface area (Å²) >= 11 is 0. The number of nitrogens with zero attached hydrogens (tertiary/aromatic N) is 3. The van der Waals surface area contributed by atoms with Crippen LogP contribution in [0.15, 0.2) is 119 Å². The van der Waals surface area contributed by atoms with Gasteiger partial charge in [-0.1, -0.05) is 71.9 Å². The average molecular weight is 883 g/mol. The number of quaternary nitrogens is 1. The second-order valence-corrected chi connectivity index (χ2v) is 16.9. The molecule has 4 N–H and O–H groups in total. The molecule has 2 unspecified atom stereocenters. The van der Waals surface area contributed by atoms with E-state index in [1.165, 1.54) is 17.9 Å². The number of aromatic nitrogens is 2. The van der Waals surface area contributed by atoms with Gasteiger partial charge < -0.3 is 38.2 Å². The molecule has 2 heterocycles. The van der Waals surface area contributed by atoms with Crippen molar-refractivity contribution < 1.29 is 42.8 Å². The second kappa shape index (κ2) is 20.3. The zero-order valence-corrected chi connectivity index (χ0v) is 37.7. The first-order valence-electron chi connectivity index (χ1n) is 20.7. The molecule has 0 spiro atoms. The Bertz CT molecular complexity index is 2380. The number of nitriles is 1. The Hall–Kier alpha value is -5.56. The van der Waals surface area contributed by atoms with Crippen molar-refractivity contribution in [2.45, 2.75) is 89.2 Å². The van der Waals surface area contributed by atoms with Gasteiger partial charge in [-0.05, 0) is 87.7 Å².